The van der Waals surface area contributed by atoms with E-state index >= 15 is 0 Å². The van der Waals surface area contributed by atoms with Crippen LogP contribution in [0.3, 0.4) is 0 Å². The van der Waals surface area contributed by atoms with Crippen LogP contribution in [0.15, 0.2) is 18.2 Å². The summed E-state index contributed by atoms with van der Waals surface area (Å²) in [5.74, 6) is -0.303. The number of hydrogen-bond donors (Lipinski definition) is 1. The van der Waals surface area contributed by atoms with E-state index in [4.69, 9.17) is 14.4 Å². The Hall–Kier alpha value is -1.49. The van der Waals surface area contributed by atoms with Crippen LogP contribution in [0.1, 0.15) is 22.8 Å². The van der Waals surface area contributed by atoms with E-state index in [0.29, 0.717) is 5.75 Å². The van der Waals surface area contributed by atoms with Crippen LogP contribution in [0, 0.1) is 0 Å². The number of fused-ring (bicyclic) bond motifs is 1. The lowest BCUT2D eigenvalue weighted by molar-refractivity contribution is 0.0694. The molecule has 5 heteroatoms. The molecule has 1 aromatic rings. The molecule has 0 saturated carbocycles. The standard InChI is InChI=1S/C11H13BO4/c1-7-6-8-4-3-5-9(11(13)14)10(8)16-12(7)15-2/h3-5,7H,6H2,1-2H3,(H,13,14). The summed E-state index contributed by atoms with van der Waals surface area (Å²) in [5.41, 5.74) is 1.13. The van der Waals surface area contributed by atoms with Crippen molar-refractivity contribution in [1.29, 1.82) is 0 Å². The highest BCUT2D eigenvalue weighted by Crippen LogP contribution is 2.34. The molecule has 0 aromatic heterocycles. The minimum atomic E-state index is -0.971. The molecule has 0 spiro atoms. The summed E-state index contributed by atoms with van der Waals surface area (Å²) in [6, 6.07) is 5.18. The zero-order valence-electron chi connectivity index (χ0n) is 9.27. The number of benzene rings is 1. The average molecular weight is 220 g/mol. The van der Waals surface area contributed by atoms with Crippen LogP contribution >= 0.6 is 0 Å². The predicted molar refractivity (Wildman–Crippen MR) is 59.9 cm³/mol. The van der Waals surface area contributed by atoms with Crippen molar-refractivity contribution in [2.24, 2.45) is 0 Å². The van der Waals surface area contributed by atoms with Crippen LogP contribution in [0.4, 0.5) is 0 Å². The molecule has 1 aromatic carbocycles. The lowest BCUT2D eigenvalue weighted by atomic mass is 9.67. The van der Waals surface area contributed by atoms with Crippen LogP contribution in [-0.4, -0.2) is 25.3 Å². The van der Waals surface area contributed by atoms with Crippen LogP contribution in [0.2, 0.25) is 5.82 Å². The number of rotatable bonds is 2. The van der Waals surface area contributed by atoms with Crippen molar-refractivity contribution in [3.8, 4) is 5.75 Å². The molecule has 0 bridgehead atoms. The first-order chi connectivity index (χ1) is 7.63. The molecule has 1 aliphatic heterocycles. The van der Waals surface area contributed by atoms with E-state index in [2.05, 4.69) is 0 Å². The van der Waals surface area contributed by atoms with Gasteiger partial charge in [-0.15, -0.1) is 0 Å². The average Bonchev–Trinajstić information content (AvgIpc) is 2.26. The fraction of sp³-hybridized carbons (Fsp3) is 0.364. The van der Waals surface area contributed by atoms with Crippen molar-refractivity contribution < 1.29 is 19.2 Å². The minimum absolute atomic E-state index is 0.200. The maximum absolute atomic E-state index is 11.0. The summed E-state index contributed by atoms with van der Waals surface area (Å²) >= 11 is 0. The molecule has 1 heterocycles. The molecular weight excluding hydrogens is 207 g/mol. The normalized spacial score (nSPS) is 18.9. The molecule has 0 aliphatic carbocycles. The molecule has 84 valence electrons. The van der Waals surface area contributed by atoms with Crippen molar-refractivity contribution in [3.63, 3.8) is 0 Å². The number of para-hydroxylation sites is 1. The van der Waals surface area contributed by atoms with Crippen LogP contribution in [-0.2, 0) is 11.1 Å². The smallest absolute Gasteiger partial charge is 0.528 e. The van der Waals surface area contributed by atoms with Gasteiger partial charge < -0.3 is 14.4 Å². The molecule has 1 N–H and O–H groups in total. The largest absolute Gasteiger partial charge is 0.535 e. The molecule has 16 heavy (non-hydrogen) atoms. The first-order valence-corrected chi connectivity index (χ1v) is 5.18. The van der Waals surface area contributed by atoms with Gasteiger partial charge in [-0.25, -0.2) is 4.79 Å². The van der Waals surface area contributed by atoms with Gasteiger partial charge in [-0.05, 0) is 18.1 Å². The Labute approximate surface area is 94.3 Å². The Morgan fingerprint density at radius 2 is 2.38 bits per heavy atom. The molecule has 0 amide bonds. The van der Waals surface area contributed by atoms with E-state index in [9.17, 15) is 4.79 Å². The quantitative estimate of drug-likeness (QED) is 0.772. The summed E-state index contributed by atoms with van der Waals surface area (Å²) in [7, 11) is 1.20. The van der Waals surface area contributed by atoms with E-state index < -0.39 is 5.97 Å². The SMILES string of the molecule is COB1Oc2c(cccc2C(=O)O)CC1C. The molecule has 0 fully saturated rings. The molecular formula is C11H13BO4. The van der Waals surface area contributed by atoms with E-state index in [1.165, 1.54) is 0 Å². The van der Waals surface area contributed by atoms with Gasteiger partial charge in [-0.1, -0.05) is 19.1 Å². The Morgan fingerprint density at radius 3 is 3.00 bits per heavy atom. The molecule has 1 atom stereocenters. The fourth-order valence-electron chi connectivity index (χ4n) is 2.01. The van der Waals surface area contributed by atoms with E-state index in [-0.39, 0.29) is 18.5 Å². The summed E-state index contributed by atoms with van der Waals surface area (Å²) in [5, 5.41) is 9.04. The van der Waals surface area contributed by atoms with Gasteiger partial charge in [0.1, 0.15) is 5.75 Å². The Morgan fingerprint density at radius 1 is 1.62 bits per heavy atom. The Bertz CT molecular complexity index is 418. The maximum atomic E-state index is 11.0. The zero-order valence-corrected chi connectivity index (χ0v) is 9.27. The minimum Gasteiger partial charge on any atom is -0.535 e. The Balaban J connectivity index is 2.43. The second-order valence-corrected chi connectivity index (χ2v) is 4.00. The van der Waals surface area contributed by atoms with Gasteiger partial charge in [0.05, 0.1) is 5.56 Å². The first kappa shape index (κ1) is 11.0. The highest BCUT2D eigenvalue weighted by atomic mass is 16.6. The highest BCUT2D eigenvalue weighted by molar-refractivity contribution is 6.47. The third-order valence-electron chi connectivity index (χ3n) is 2.80. The summed E-state index contributed by atoms with van der Waals surface area (Å²) < 4.78 is 10.8. The van der Waals surface area contributed by atoms with Crippen molar-refractivity contribution in [2.75, 3.05) is 7.11 Å². The van der Waals surface area contributed by atoms with Crippen molar-refractivity contribution >= 4 is 13.1 Å². The topological polar surface area (TPSA) is 55.8 Å². The van der Waals surface area contributed by atoms with Crippen molar-refractivity contribution in [3.05, 3.63) is 29.3 Å². The first-order valence-electron chi connectivity index (χ1n) is 5.18. The lowest BCUT2D eigenvalue weighted by Crippen LogP contribution is -2.35. The molecule has 0 radical (unpaired) electrons. The van der Waals surface area contributed by atoms with Gasteiger partial charge in [0, 0.05) is 12.9 Å². The van der Waals surface area contributed by atoms with Gasteiger partial charge in [-0.2, -0.15) is 0 Å². The van der Waals surface area contributed by atoms with Crippen LogP contribution < -0.4 is 4.65 Å². The summed E-state index contributed by atoms with van der Waals surface area (Å²) in [4.78, 5) is 11.0. The van der Waals surface area contributed by atoms with Gasteiger partial charge in [-0.3, -0.25) is 0 Å². The second kappa shape index (κ2) is 4.18. The molecule has 4 nitrogen and oxygen atoms in total. The fourth-order valence-corrected chi connectivity index (χ4v) is 2.01. The summed E-state index contributed by atoms with van der Waals surface area (Å²) in [6.45, 7) is 2.02. The summed E-state index contributed by atoms with van der Waals surface area (Å²) in [6.07, 6.45) is 0.773. The number of carboxylic acid groups (broad SMARTS) is 1. The lowest BCUT2D eigenvalue weighted by Gasteiger charge is -2.27. The van der Waals surface area contributed by atoms with E-state index in [1.807, 2.05) is 13.0 Å². The molecule has 1 unspecified atom stereocenters. The second-order valence-electron chi connectivity index (χ2n) is 4.00. The number of carboxylic acids is 1. The van der Waals surface area contributed by atoms with Gasteiger partial charge in [0.25, 0.3) is 0 Å². The number of hydrogen-bond acceptors (Lipinski definition) is 3. The maximum Gasteiger partial charge on any atom is 0.528 e. The number of carbonyl (C=O) groups is 1. The number of aromatic carboxylic acids is 1. The van der Waals surface area contributed by atoms with Crippen LogP contribution in [0.5, 0.6) is 5.75 Å². The molecule has 2 rings (SSSR count). The molecule has 0 saturated heterocycles. The third-order valence-corrected chi connectivity index (χ3v) is 2.80. The van der Waals surface area contributed by atoms with E-state index in [1.54, 1.807) is 19.2 Å². The Kier molecular flexibility index (Phi) is 2.87. The predicted octanol–water partition coefficient (Wildman–Crippen LogP) is 1.84. The van der Waals surface area contributed by atoms with E-state index in [0.717, 1.165) is 12.0 Å². The van der Waals surface area contributed by atoms with Crippen molar-refractivity contribution in [1.82, 2.24) is 0 Å². The van der Waals surface area contributed by atoms with Gasteiger partial charge >= 0.3 is 13.1 Å². The molecule has 1 aliphatic rings. The van der Waals surface area contributed by atoms with Crippen molar-refractivity contribution in [2.45, 2.75) is 19.2 Å². The highest BCUT2D eigenvalue weighted by Gasteiger charge is 2.35. The third kappa shape index (κ3) is 1.78. The van der Waals surface area contributed by atoms with Gasteiger partial charge in [0.2, 0.25) is 0 Å². The monoisotopic (exact) mass is 220 g/mol. The van der Waals surface area contributed by atoms with Crippen LogP contribution in [0.25, 0.3) is 0 Å². The zero-order chi connectivity index (χ0) is 11.7. The van der Waals surface area contributed by atoms with Gasteiger partial charge in [0.15, 0.2) is 0 Å².